The fourth-order valence-corrected chi connectivity index (χ4v) is 3.63. The standard InChI is InChI=1S/C19H23ClF2N4O5S/c1-2-26(6-7-27)5-3-4-23-19(30)24-17-15(18(28)29)16(25-32-17)31-10-12-13(21)8-11(20)9-14(12)22/h8-9,27H,2-7,10H2,1H3,(H,28,29)(H2,23,24,30). The van der Waals surface area contributed by atoms with Gasteiger partial charge < -0.3 is 25.2 Å². The third-order valence-electron chi connectivity index (χ3n) is 4.36. The molecule has 0 unspecified atom stereocenters. The van der Waals surface area contributed by atoms with Crippen molar-refractivity contribution >= 4 is 40.1 Å². The number of carboxylic acids is 1. The molecule has 0 aliphatic carbocycles. The Morgan fingerprint density at radius 2 is 1.97 bits per heavy atom. The highest BCUT2D eigenvalue weighted by Gasteiger charge is 2.24. The van der Waals surface area contributed by atoms with Crippen molar-refractivity contribution in [3.63, 3.8) is 0 Å². The Hall–Kier alpha value is -2.54. The number of ether oxygens (including phenoxy) is 1. The lowest BCUT2D eigenvalue weighted by molar-refractivity contribution is 0.0693. The summed E-state index contributed by atoms with van der Waals surface area (Å²) in [7, 11) is 0. The van der Waals surface area contributed by atoms with Crippen molar-refractivity contribution < 1.29 is 33.3 Å². The van der Waals surface area contributed by atoms with E-state index in [-0.39, 0.29) is 22.5 Å². The maximum absolute atomic E-state index is 13.9. The van der Waals surface area contributed by atoms with Gasteiger partial charge in [-0.25, -0.2) is 18.4 Å². The summed E-state index contributed by atoms with van der Waals surface area (Å²) in [5.41, 5.74) is -0.867. The second-order valence-electron chi connectivity index (χ2n) is 6.53. The van der Waals surface area contributed by atoms with Gasteiger partial charge in [0.15, 0.2) is 5.56 Å². The number of amides is 2. The van der Waals surface area contributed by atoms with Crippen molar-refractivity contribution in [1.82, 2.24) is 14.6 Å². The first-order chi connectivity index (χ1) is 15.3. The molecule has 0 fully saturated rings. The van der Waals surface area contributed by atoms with Gasteiger partial charge in [-0.3, -0.25) is 5.32 Å². The van der Waals surface area contributed by atoms with E-state index in [1.54, 1.807) is 0 Å². The van der Waals surface area contributed by atoms with Crippen LogP contribution in [0.2, 0.25) is 5.02 Å². The maximum atomic E-state index is 13.9. The van der Waals surface area contributed by atoms with E-state index in [0.29, 0.717) is 37.6 Å². The number of likely N-dealkylation sites (N-methyl/N-ethyl adjacent to an activating group) is 1. The summed E-state index contributed by atoms with van der Waals surface area (Å²) >= 11 is 6.23. The highest BCUT2D eigenvalue weighted by molar-refractivity contribution is 7.11. The minimum Gasteiger partial charge on any atom is -0.477 e. The summed E-state index contributed by atoms with van der Waals surface area (Å²) in [6.07, 6.45) is 0.627. The molecule has 4 N–H and O–H groups in total. The largest absolute Gasteiger partial charge is 0.477 e. The van der Waals surface area contributed by atoms with E-state index in [2.05, 4.69) is 15.0 Å². The van der Waals surface area contributed by atoms with Gasteiger partial charge >= 0.3 is 12.0 Å². The zero-order chi connectivity index (χ0) is 23.7. The summed E-state index contributed by atoms with van der Waals surface area (Å²) < 4.78 is 36.8. The number of carbonyl (C=O) groups excluding carboxylic acids is 1. The minimum absolute atomic E-state index is 0.0484. The van der Waals surface area contributed by atoms with Crippen LogP contribution in [0.3, 0.4) is 0 Å². The van der Waals surface area contributed by atoms with Crippen LogP contribution in [0, 0.1) is 11.6 Å². The molecular weight excluding hydrogens is 470 g/mol. The van der Waals surface area contributed by atoms with E-state index >= 15 is 0 Å². The van der Waals surface area contributed by atoms with E-state index in [1.165, 1.54) is 0 Å². The smallest absolute Gasteiger partial charge is 0.344 e. The molecule has 9 nitrogen and oxygen atoms in total. The lowest BCUT2D eigenvalue weighted by atomic mass is 10.2. The third-order valence-corrected chi connectivity index (χ3v) is 5.32. The number of aromatic nitrogens is 1. The number of hydrogen-bond donors (Lipinski definition) is 4. The minimum atomic E-state index is -1.43. The van der Waals surface area contributed by atoms with E-state index in [1.807, 2.05) is 11.8 Å². The second kappa shape index (κ2) is 12.5. The van der Waals surface area contributed by atoms with Crippen molar-refractivity contribution in [1.29, 1.82) is 0 Å². The summed E-state index contributed by atoms with van der Waals surface area (Å²) in [5.74, 6) is -3.70. The first-order valence-electron chi connectivity index (χ1n) is 9.64. The molecule has 0 bridgehead atoms. The van der Waals surface area contributed by atoms with Crippen LogP contribution in [0.15, 0.2) is 12.1 Å². The maximum Gasteiger partial charge on any atom is 0.344 e. The molecule has 32 heavy (non-hydrogen) atoms. The van der Waals surface area contributed by atoms with Crippen molar-refractivity contribution in [2.45, 2.75) is 20.0 Å². The van der Waals surface area contributed by atoms with Crippen molar-refractivity contribution in [2.24, 2.45) is 0 Å². The quantitative estimate of drug-likeness (QED) is 0.335. The van der Waals surface area contributed by atoms with E-state index in [0.717, 1.165) is 18.7 Å². The molecule has 0 saturated carbocycles. The van der Waals surface area contributed by atoms with Gasteiger partial charge in [0.2, 0.25) is 5.88 Å². The zero-order valence-corrected chi connectivity index (χ0v) is 18.7. The molecule has 1 heterocycles. The Morgan fingerprint density at radius 1 is 1.28 bits per heavy atom. The summed E-state index contributed by atoms with van der Waals surface area (Å²) in [6, 6.07) is 1.18. The Balaban J connectivity index is 1.96. The van der Waals surface area contributed by atoms with Crippen molar-refractivity contribution in [2.75, 3.05) is 38.1 Å². The molecule has 176 valence electrons. The number of carbonyl (C=O) groups is 2. The molecular formula is C19H23ClF2N4O5S. The Labute approximate surface area is 192 Å². The number of urea groups is 1. The van der Waals surface area contributed by atoms with Crippen LogP contribution in [-0.4, -0.2) is 64.3 Å². The molecule has 0 aliphatic rings. The highest BCUT2D eigenvalue weighted by atomic mass is 35.5. The van der Waals surface area contributed by atoms with Crippen LogP contribution >= 0.6 is 23.1 Å². The molecule has 13 heteroatoms. The Bertz CT molecular complexity index is 923. The third kappa shape index (κ3) is 7.26. The number of benzene rings is 1. The normalized spacial score (nSPS) is 10.9. The van der Waals surface area contributed by atoms with Crippen LogP contribution < -0.4 is 15.4 Å². The molecule has 0 atom stereocenters. The predicted octanol–water partition coefficient (Wildman–Crippen LogP) is 3.18. The second-order valence-corrected chi connectivity index (χ2v) is 7.74. The van der Waals surface area contributed by atoms with Crippen LogP contribution in [-0.2, 0) is 6.61 Å². The molecule has 2 rings (SSSR count). The fourth-order valence-electron chi connectivity index (χ4n) is 2.72. The number of aromatic carboxylic acids is 1. The summed E-state index contributed by atoms with van der Waals surface area (Å²) in [4.78, 5) is 25.7. The molecule has 2 amide bonds. The number of rotatable bonds is 12. The number of halogens is 3. The fraction of sp³-hybridized carbons (Fsp3) is 0.421. The van der Waals surface area contributed by atoms with Gasteiger partial charge in [-0.05, 0) is 43.2 Å². The lowest BCUT2D eigenvalue weighted by Crippen LogP contribution is -2.33. The van der Waals surface area contributed by atoms with Crippen molar-refractivity contribution in [3.05, 3.63) is 39.9 Å². The Kier molecular flexibility index (Phi) is 10.0. The van der Waals surface area contributed by atoms with E-state index < -0.39 is 41.4 Å². The van der Waals surface area contributed by atoms with Gasteiger partial charge in [0, 0.05) is 18.1 Å². The monoisotopic (exact) mass is 492 g/mol. The van der Waals surface area contributed by atoms with Crippen molar-refractivity contribution in [3.8, 4) is 5.88 Å². The molecule has 0 radical (unpaired) electrons. The van der Waals surface area contributed by atoms with Crippen LogP contribution in [0.25, 0.3) is 0 Å². The molecule has 1 aromatic heterocycles. The summed E-state index contributed by atoms with van der Waals surface area (Å²) in [5, 5.41) is 23.2. The molecule has 0 saturated heterocycles. The van der Waals surface area contributed by atoms with Gasteiger partial charge in [0.1, 0.15) is 23.2 Å². The van der Waals surface area contributed by atoms with Gasteiger partial charge in [0.05, 0.1) is 12.2 Å². The average molecular weight is 493 g/mol. The summed E-state index contributed by atoms with van der Waals surface area (Å²) in [6.45, 7) is 3.70. The van der Waals surface area contributed by atoms with Gasteiger partial charge in [-0.15, -0.1) is 0 Å². The first-order valence-corrected chi connectivity index (χ1v) is 10.8. The average Bonchev–Trinajstić information content (AvgIpc) is 3.12. The van der Waals surface area contributed by atoms with Crippen LogP contribution in [0.1, 0.15) is 29.3 Å². The number of anilines is 1. The number of aliphatic hydroxyl groups excluding tert-OH is 1. The predicted molar refractivity (Wildman–Crippen MR) is 116 cm³/mol. The number of nitrogens with one attached hydrogen (secondary N) is 2. The zero-order valence-electron chi connectivity index (χ0n) is 17.2. The van der Waals surface area contributed by atoms with E-state index in [4.69, 9.17) is 21.4 Å². The van der Waals surface area contributed by atoms with Gasteiger partial charge in [-0.1, -0.05) is 18.5 Å². The van der Waals surface area contributed by atoms with Gasteiger partial charge in [-0.2, -0.15) is 4.37 Å². The van der Waals surface area contributed by atoms with Crippen LogP contribution in [0.5, 0.6) is 5.88 Å². The first kappa shape index (κ1) is 25.7. The molecule has 2 aromatic rings. The topological polar surface area (TPSA) is 124 Å². The highest BCUT2D eigenvalue weighted by Crippen LogP contribution is 2.31. The van der Waals surface area contributed by atoms with Gasteiger partial charge in [0.25, 0.3) is 0 Å². The SMILES string of the molecule is CCN(CCO)CCCNC(=O)Nc1snc(OCc2c(F)cc(Cl)cc2F)c1C(=O)O. The van der Waals surface area contributed by atoms with E-state index in [9.17, 15) is 23.5 Å². The number of aliphatic hydroxyl groups is 1. The number of nitrogens with zero attached hydrogens (tertiary/aromatic N) is 2. The van der Waals surface area contributed by atoms with Crippen LogP contribution in [0.4, 0.5) is 18.6 Å². The lowest BCUT2D eigenvalue weighted by Gasteiger charge is -2.18. The molecule has 1 aromatic carbocycles. The molecule has 0 aliphatic heterocycles. The number of hydrogen-bond acceptors (Lipinski definition) is 7. The Morgan fingerprint density at radius 3 is 2.56 bits per heavy atom. The number of carboxylic acid groups (broad SMARTS) is 1. The molecule has 0 spiro atoms.